The Labute approximate surface area is 100 Å². The molecule has 0 spiro atoms. The molecule has 0 fully saturated rings. The number of hydrogen-bond acceptors (Lipinski definition) is 4. The lowest BCUT2D eigenvalue weighted by Gasteiger charge is -2.03. The van der Waals surface area contributed by atoms with E-state index in [1.54, 1.807) is 18.1 Å². The van der Waals surface area contributed by atoms with Crippen molar-refractivity contribution in [1.82, 2.24) is 19.5 Å². The minimum atomic E-state index is -3.20. The lowest BCUT2D eigenvalue weighted by molar-refractivity contribution is 0.579. The molecule has 0 aromatic carbocycles. The van der Waals surface area contributed by atoms with Crippen LogP contribution in [0.2, 0.25) is 0 Å². The van der Waals surface area contributed by atoms with Gasteiger partial charge in [-0.25, -0.2) is 18.1 Å². The van der Waals surface area contributed by atoms with E-state index in [4.69, 9.17) is 11.6 Å². The lowest BCUT2D eigenvalue weighted by Crippen LogP contribution is -2.28. The molecule has 92 valence electrons. The van der Waals surface area contributed by atoms with Crippen LogP contribution in [-0.4, -0.2) is 41.4 Å². The van der Waals surface area contributed by atoms with E-state index in [1.807, 2.05) is 0 Å². The molecule has 0 unspecified atom stereocenters. The first-order valence-electron chi connectivity index (χ1n) is 4.91. The van der Waals surface area contributed by atoms with E-state index in [9.17, 15) is 8.42 Å². The fourth-order valence-electron chi connectivity index (χ4n) is 1.13. The Hall–Kier alpha value is -0.660. The number of nitrogens with zero attached hydrogens (tertiary/aromatic N) is 3. The molecule has 1 N–H and O–H groups in total. The summed E-state index contributed by atoms with van der Waals surface area (Å²) in [6.45, 7) is 0.314. The van der Waals surface area contributed by atoms with E-state index in [2.05, 4.69) is 14.8 Å². The second-order valence-electron chi connectivity index (χ2n) is 3.34. The maximum absolute atomic E-state index is 11.4. The SMILES string of the molecule is Cn1cnc(CCNS(=O)(=O)CCCCl)n1. The minimum Gasteiger partial charge on any atom is -0.256 e. The summed E-state index contributed by atoms with van der Waals surface area (Å²) in [4.78, 5) is 3.99. The number of halogens is 1. The normalized spacial score (nSPS) is 11.9. The number of aromatic nitrogens is 3. The van der Waals surface area contributed by atoms with Crippen molar-refractivity contribution < 1.29 is 8.42 Å². The number of hydrogen-bond donors (Lipinski definition) is 1. The Kier molecular flexibility index (Phi) is 5.17. The monoisotopic (exact) mass is 266 g/mol. The van der Waals surface area contributed by atoms with Gasteiger partial charge in [-0.05, 0) is 6.42 Å². The number of nitrogens with one attached hydrogen (secondary N) is 1. The van der Waals surface area contributed by atoms with E-state index in [1.165, 1.54) is 0 Å². The molecule has 0 saturated carbocycles. The zero-order valence-electron chi connectivity index (χ0n) is 9.06. The van der Waals surface area contributed by atoms with Crippen LogP contribution < -0.4 is 4.72 Å². The van der Waals surface area contributed by atoms with Gasteiger partial charge in [0.25, 0.3) is 0 Å². The van der Waals surface area contributed by atoms with Crippen LogP contribution in [0.1, 0.15) is 12.2 Å². The minimum absolute atomic E-state index is 0.0617. The van der Waals surface area contributed by atoms with Crippen LogP contribution in [0.3, 0.4) is 0 Å². The molecule has 16 heavy (non-hydrogen) atoms. The predicted molar refractivity (Wildman–Crippen MR) is 61.8 cm³/mol. The Bertz CT molecular complexity index is 417. The number of alkyl halides is 1. The summed E-state index contributed by atoms with van der Waals surface area (Å²) in [6.07, 6.45) is 2.52. The lowest BCUT2D eigenvalue weighted by atomic mass is 10.4. The summed E-state index contributed by atoms with van der Waals surface area (Å²) in [7, 11) is -1.44. The van der Waals surface area contributed by atoms with Crippen LogP contribution >= 0.6 is 11.6 Å². The standard InChI is InChI=1S/C8H15ClN4O2S/c1-13-7-10-8(12-13)3-5-11-16(14,15)6-2-4-9/h7,11H,2-6H2,1H3. The van der Waals surface area contributed by atoms with Crippen molar-refractivity contribution in [3.8, 4) is 0 Å². The molecule has 1 aromatic heterocycles. The van der Waals surface area contributed by atoms with Gasteiger partial charge in [-0.2, -0.15) is 5.10 Å². The Balaban J connectivity index is 2.29. The molecule has 0 bridgehead atoms. The van der Waals surface area contributed by atoms with Gasteiger partial charge in [0.1, 0.15) is 6.33 Å². The summed E-state index contributed by atoms with van der Waals surface area (Å²) in [5.74, 6) is 1.04. The summed E-state index contributed by atoms with van der Waals surface area (Å²) in [5, 5.41) is 4.04. The van der Waals surface area contributed by atoms with Crippen LogP contribution in [0.15, 0.2) is 6.33 Å². The second kappa shape index (κ2) is 6.17. The van der Waals surface area contributed by atoms with E-state index in [0.29, 0.717) is 31.1 Å². The fourth-order valence-corrected chi connectivity index (χ4v) is 2.51. The molecule has 8 heteroatoms. The molecule has 0 amide bonds. The Morgan fingerprint density at radius 2 is 2.31 bits per heavy atom. The highest BCUT2D eigenvalue weighted by Crippen LogP contribution is 1.93. The molecule has 0 atom stereocenters. The van der Waals surface area contributed by atoms with Gasteiger partial charge in [0.05, 0.1) is 5.75 Å². The molecule has 6 nitrogen and oxygen atoms in total. The van der Waals surface area contributed by atoms with Gasteiger partial charge in [0, 0.05) is 25.9 Å². The third-order valence-corrected chi connectivity index (χ3v) is 3.60. The van der Waals surface area contributed by atoms with Gasteiger partial charge in [-0.1, -0.05) is 0 Å². The van der Waals surface area contributed by atoms with Crippen LogP contribution in [0.5, 0.6) is 0 Å². The smallest absolute Gasteiger partial charge is 0.211 e. The van der Waals surface area contributed by atoms with E-state index in [-0.39, 0.29) is 5.75 Å². The van der Waals surface area contributed by atoms with Crippen LogP contribution in [0, 0.1) is 0 Å². The van der Waals surface area contributed by atoms with Gasteiger partial charge < -0.3 is 0 Å². The van der Waals surface area contributed by atoms with E-state index in [0.717, 1.165) is 0 Å². The molecule has 0 aliphatic heterocycles. The van der Waals surface area contributed by atoms with Crippen LogP contribution in [-0.2, 0) is 23.5 Å². The summed E-state index contributed by atoms with van der Waals surface area (Å²) < 4.78 is 26.8. The van der Waals surface area contributed by atoms with E-state index >= 15 is 0 Å². The van der Waals surface area contributed by atoms with Crippen molar-refractivity contribution in [2.75, 3.05) is 18.2 Å². The van der Waals surface area contributed by atoms with Crippen molar-refractivity contribution in [3.63, 3.8) is 0 Å². The van der Waals surface area contributed by atoms with Gasteiger partial charge in [-0.15, -0.1) is 11.6 Å². The quantitative estimate of drug-likeness (QED) is 0.700. The third-order valence-electron chi connectivity index (χ3n) is 1.86. The molecular weight excluding hydrogens is 252 g/mol. The van der Waals surface area contributed by atoms with Crippen molar-refractivity contribution in [1.29, 1.82) is 0 Å². The van der Waals surface area contributed by atoms with Crippen molar-refractivity contribution >= 4 is 21.6 Å². The summed E-state index contributed by atoms with van der Waals surface area (Å²) >= 11 is 5.43. The number of sulfonamides is 1. The highest BCUT2D eigenvalue weighted by molar-refractivity contribution is 7.89. The van der Waals surface area contributed by atoms with Crippen molar-refractivity contribution in [2.45, 2.75) is 12.8 Å². The number of aryl methyl sites for hydroxylation is 1. The first-order valence-corrected chi connectivity index (χ1v) is 7.10. The largest absolute Gasteiger partial charge is 0.256 e. The van der Waals surface area contributed by atoms with Crippen LogP contribution in [0.4, 0.5) is 0 Å². The topological polar surface area (TPSA) is 76.9 Å². The predicted octanol–water partition coefficient (Wildman–Crippen LogP) is -0.0941. The first kappa shape index (κ1) is 13.4. The molecule has 0 radical (unpaired) electrons. The van der Waals surface area contributed by atoms with Gasteiger partial charge in [0.15, 0.2) is 5.82 Å². The molecule has 0 aliphatic rings. The molecule has 1 heterocycles. The maximum atomic E-state index is 11.4. The molecule has 0 aliphatic carbocycles. The Morgan fingerprint density at radius 3 is 2.88 bits per heavy atom. The summed E-state index contributed by atoms with van der Waals surface area (Å²) in [5.41, 5.74) is 0. The van der Waals surface area contributed by atoms with Gasteiger partial charge in [-0.3, -0.25) is 4.68 Å². The molecule has 1 rings (SSSR count). The fraction of sp³-hybridized carbons (Fsp3) is 0.750. The third kappa shape index (κ3) is 4.91. The van der Waals surface area contributed by atoms with E-state index < -0.39 is 10.0 Å². The highest BCUT2D eigenvalue weighted by Gasteiger charge is 2.09. The number of rotatable bonds is 7. The van der Waals surface area contributed by atoms with Crippen molar-refractivity contribution in [3.05, 3.63) is 12.2 Å². The second-order valence-corrected chi connectivity index (χ2v) is 5.64. The molecular formula is C8H15ClN4O2S. The Morgan fingerprint density at radius 1 is 1.56 bits per heavy atom. The maximum Gasteiger partial charge on any atom is 0.211 e. The average molecular weight is 267 g/mol. The van der Waals surface area contributed by atoms with Gasteiger partial charge >= 0.3 is 0 Å². The zero-order valence-corrected chi connectivity index (χ0v) is 10.6. The average Bonchev–Trinajstić information content (AvgIpc) is 2.61. The van der Waals surface area contributed by atoms with Crippen molar-refractivity contribution in [2.24, 2.45) is 7.05 Å². The van der Waals surface area contributed by atoms with Crippen LogP contribution in [0.25, 0.3) is 0 Å². The summed E-state index contributed by atoms with van der Waals surface area (Å²) in [6, 6.07) is 0. The molecule has 1 aromatic rings. The molecule has 0 saturated heterocycles. The highest BCUT2D eigenvalue weighted by atomic mass is 35.5. The first-order chi connectivity index (χ1) is 7.53. The zero-order chi connectivity index (χ0) is 12.0. The van der Waals surface area contributed by atoms with Gasteiger partial charge in [0.2, 0.25) is 10.0 Å².